The fourth-order valence-corrected chi connectivity index (χ4v) is 3.40. The van der Waals surface area contributed by atoms with E-state index in [0.29, 0.717) is 6.04 Å². The van der Waals surface area contributed by atoms with Crippen LogP contribution in [-0.4, -0.2) is 33.0 Å². The molecule has 1 aromatic heterocycles. The lowest BCUT2D eigenvalue weighted by atomic mass is 9.94. The molecule has 1 aromatic rings. The maximum absolute atomic E-state index is 12.6. The zero-order valence-corrected chi connectivity index (χ0v) is 12.0. The summed E-state index contributed by atoms with van der Waals surface area (Å²) in [7, 11) is 0. The minimum absolute atomic E-state index is 0.135. The maximum Gasteiger partial charge on any atom is 0.267 e. The second-order valence-electron chi connectivity index (χ2n) is 4.79. The summed E-state index contributed by atoms with van der Waals surface area (Å²) in [5.74, 6) is 0.135. The summed E-state index contributed by atoms with van der Waals surface area (Å²) >= 11 is 1.24. The van der Waals surface area contributed by atoms with E-state index in [1.54, 1.807) is 0 Å². The van der Waals surface area contributed by atoms with E-state index in [-0.39, 0.29) is 5.91 Å². The van der Waals surface area contributed by atoms with Crippen LogP contribution in [-0.2, 0) is 6.42 Å². The lowest BCUT2D eigenvalue weighted by Gasteiger charge is -2.33. The topological polar surface area (TPSA) is 46.1 Å². The predicted molar refractivity (Wildman–Crippen MR) is 72.9 cm³/mol. The van der Waals surface area contributed by atoms with E-state index < -0.39 is 0 Å². The molecule has 100 valence electrons. The van der Waals surface area contributed by atoms with Gasteiger partial charge in [0.1, 0.15) is 4.88 Å². The van der Waals surface area contributed by atoms with Crippen molar-refractivity contribution in [2.45, 2.75) is 58.4 Å². The Morgan fingerprint density at radius 3 is 2.67 bits per heavy atom. The van der Waals surface area contributed by atoms with Crippen LogP contribution < -0.4 is 0 Å². The van der Waals surface area contributed by atoms with Crippen LogP contribution in [0.4, 0.5) is 0 Å². The van der Waals surface area contributed by atoms with Gasteiger partial charge in [-0.2, -0.15) is 0 Å². The molecule has 0 aliphatic heterocycles. The van der Waals surface area contributed by atoms with Gasteiger partial charge >= 0.3 is 0 Å². The fraction of sp³-hybridized carbons (Fsp3) is 0.769. The average molecular weight is 267 g/mol. The summed E-state index contributed by atoms with van der Waals surface area (Å²) in [5.41, 5.74) is 0.847. The highest BCUT2D eigenvalue weighted by atomic mass is 32.1. The molecule has 0 unspecified atom stereocenters. The normalized spacial score (nSPS) is 16.8. The van der Waals surface area contributed by atoms with Gasteiger partial charge in [0.25, 0.3) is 5.91 Å². The number of hydrogen-bond donors (Lipinski definition) is 0. The Balaban J connectivity index is 2.14. The number of hydrogen-bond acceptors (Lipinski definition) is 4. The molecule has 5 heteroatoms. The summed E-state index contributed by atoms with van der Waals surface area (Å²) in [6.45, 7) is 4.86. The maximum atomic E-state index is 12.6. The smallest absolute Gasteiger partial charge is 0.267 e. The molecule has 0 spiro atoms. The largest absolute Gasteiger partial charge is 0.335 e. The van der Waals surface area contributed by atoms with Gasteiger partial charge < -0.3 is 4.90 Å². The highest BCUT2D eigenvalue weighted by molar-refractivity contribution is 7.08. The van der Waals surface area contributed by atoms with Crippen molar-refractivity contribution in [3.8, 4) is 0 Å². The summed E-state index contributed by atoms with van der Waals surface area (Å²) in [6.07, 6.45) is 6.87. The lowest BCUT2D eigenvalue weighted by molar-refractivity contribution is 0.0651. The first-order valence-electron chi connectivity index (χ1n) is 6.90. The van der Waals surface area contributed by atoms with Gasteiger partial charge in [0, 0.05) is 12.6 Å². The van der Waals surface area contributed by atoms with Crippen LogP contribution in [0.2, 0.25) is 0 Å². The average Bonchev–Trinajstić information content (AvgIpc) is 2.89. The second kappa shape index (κ2) is 6.27. The van der Waals surface area contributed by atoms with E-state index in [1.165, 1.54) is 30.8 Å². The minimum Gasteiger partial charge on any atom is -0.335 e. The predicted octanol–water partition coefficient (Wildman–Crippen LogP) is 2.90. The zero-order chi connectivity index (χ0) is 13.0. The molecular formula is C13H21N3OS. The summed E-state index contributed by atoms with van der Waals surface area (Å²) in [5, 5.41) is 4.04. The Labute approximate surface area is 113 Å². The van der Waals surface area contributed by atoms with E-state index in [2.05, 4.69) is 16.5 Å². The number of rotatable bonds is 4. The molecule has 0 atom stereocenters. The van der Waals surface area contributed by atoms with Crippen molar-refractivity contribution >= 4 is 17.4 Å². The SMILES string of the molecule is CCc1nnsc1C(=O)N(CC)C1CCCCC1. The van der Waals surface area contributed by atoms with Crippen LogP contribution in [0.15, 0.2) is 0 Å². The monoisotopic (exact) mass is 267 g/mol. The van der Waals surface area contributed by atoms with Crippen LogP contribution >= 0.6 is 11.5 Å². The summed E-state index contributed by atoms with van der Waals surface area (Å²) < 4.78 is 3.92. The zero-order valence-electron chi connectivity index (χ0n) is 11.2. The molecule has 1 fully saturated rings. The highest BCUT2D eigenvalue weighted by Crippen LogP contribution is 2.25. The molecule has 0 aromatic carbocycles. The Bertz CT molecular complexity index is 399. The molecule has 0 bridgehead atoms. The third-order valence-electron chi connectivity index (χ3n) is 3.70. The number of aromatic nitrogens is 2. The molecular weight excluding hydrogens is 246 g/mol. The molecule has 4 nitrogen and oxygen atoms in total. The molecule has 1 heterocycles. The van der Waals surface area contributed by atoms with Gasteiger partial charge in [-0.15, -0.1) is 5.10 Å². The van der Waals surface area contributed by atoms with Gasteiger partial charge in [-0.3, -0.25) is 4.79 Å². The van der Waals surface area contributed by atoms with Crippen molar-refractivity contribution in [2.75, 3.05) is 6.54 Å². The van der Waals surface area contributed by atoms with Crippen molar-refractivity contribution in [1.29, 1.82) is 0 Å². The number of amides is 1. The Morgan fingerprint density at radius 1 is 1.33 bits per heavy atom. The first kappa shape index (κ1) is 13.5. The molecule has 18 heavy (non-hydrogen) atoms. The molecule has 0 N–H and O–H groups in total. The van der Waals surface area contributed by atoms with E-state index in [0.717, 1.165) is 36.4 Å². The van der Waals surface area contributed by atoms with Gasteiger partial charge in [-0.1, -0.05) is 30.7 Å². The van der Waals surface area contributed by atoms with Crippen molar-refractivity contribution in [3.05, 3.63) is 10.6 Å². The standard InChI is InChI=1S/C13H21N3OS/c1-3-11-12(18-15-14-11)13(17)16(4-2)10-8-6-5-7-9-10/h10H,3-9H2,1-2H3. The van der Waals surface area contributed by atoms with Gasteiger partial charge in [0.05, 0.1) is 5.69 Å². The first-order chi connectivity index (χ1) is 8.77. The number of nitrogens with zero attached hydrogens (tertiary/aromatic N) is 3. The Hall–Kier alpha value is -0.970. The van der Waals surface area contributed by atoms with E-state index in [9.17, 15) is 4.79 Å². The van der Waals surface area contributed by atoms with Crippen molar-refractivity contribution in [1.82, 2.24) is 14.5 Å². The molecule has 1 saturated carbocycles. The van der Waals surface area contributed by atoms with E-state index in [1.807, 2.05) is 11.8 Å². The Morgan fingerprint density at radius 2 is 2.06 bits per heavy atom. The van der Waals surface area contributed by atoms with Crippen molar-refractivity contribution < 1.29 is 4.79 Å². The van der Waals surface area contributed by atoms with Gasteiger partial charge in [-0.05, 0) is 37.7 Å². The van der Waals surface area contributed by atoms with Crippen LogP contribution in [0.1, 0.15) is 61.3 Å². The summed E-state index contributed by atoms with van der Waals surface area (Å²) in [4.78, 5) is 15.3. The van der Waals surface area contributed by atoms with Crippen molar-refractivity contribution in [2.24, 2.45) is 0 Å². The third-order valence-corrected chi connectivity index (χ3v) is 4.46. The number of aryl methyl sites for hydroxylation is 1. The lowest BCUT2D eigenvalue weighted by Crippen LogP contribution is -2.41. The minimum atomic E-state index is 0.135. The third kappa shape index (κ3) is 2.71. The Kier molecular flexibility index (Phi) is 4.69. The van der Waals surface area contributed by atoms with Gasteiger partial charge in [-0.25, -0.2) is 0 Å². The quantitative estimate of drug-likeness (QED) is 0.842. The highest BCUT2D eigenvalue weighted by Gasteiger charge is 2.27. The molecule has 1 amide bonds. The van der Waals surface area contributed by atoms with Crippen LogP contribution in [0, 0.1) is 0 Å². The van der Waals surface area contributed by atoms with E-state index >= 15 is 0 Å². The first-order valence-corrected chi connectivity index (χ1v) is 7.67. The van der Waals surface area contributed by atoms with Gasteiger partial charge in [0.15, 0.2) is 0 Å². The number of carbonyl (C=O) groups is 1. The van der Waals surface area contributed by atoms with Crippen LogP contribution in [0.5, 0.6) is 0 Å². The van der Waals surface area contributed by atoms with Crippen LogP contribution in [0.25, 0.3) is 0 Å². The van der Waals surface area contributed by atoms with E-state index in [4.69, 9.17) is 0 Å². The fourth-order valence-electron chi connectivity index (χ4n) is 2.69. The second-order valence-corrected chi connectivity index (χ2v) is 5.54. The molecule has 0 radical (unpaired) electrons. The molecule has 1 aliphatic carbocycles. The van der Waals surface area contributed by atoms with Gasteiger partial charge in [0.2, 0.25) is 0 Å². The molecule has 2 rings (SSSR count). The molecule has 0 saturated heterocycles. The molecule has 1 aliphatic rings. The van der Waals surface area contributed by atoms with Crippen molar-refractivity contribution in [3.63, 3.8) is 0 Å². The number of carbonyl (C=O) groups excluding carboxylic acids is 1. The van der Waals surface area contributed by atoms with Crippen LogP contribution in [0.3, 0.4) is 0 Å². The summed E-state index contributed by atoms with van der Waals surface area (Å²) in [6, 6.07) is 0.419.